The number of anilines is 2. The molecule has 2 bridgehead atoms. The van der Waals surface area contributed by atoms with Crippen LogP contribution in [0.3, 0.4) is 0 Å². The Morgan fingerprint density at radius 3 is 2.61 bits per heavy atom. The summed E-state index contributed by atoms with van der Waals surface area (Å²) in [4.78, 5) is 2.17. The monoisotopic (exact) mass is 252 g/mol. The zero-order chi connectivity index (χ0) is 12.7. The number of rotatable bonds is 2. The Hall–Kier alpha value is -1.49. The summed E-state index contributed by atoms with van der Waals surface area (Å²) in [5, 5.41) is 0. The summed E-state index contributed by atoms with van der Waals surface area (Å²) >= 11 is 0. The Bertz CT molecular complexity index is 455. The topological polar surface area (TPSA) is 47.7 Å². The average molecular weight is 252 g/mol. The average Bonchev–Trinajstić information content (AvgIpc) is 2.68. The van der Waals surface area contributed by atoms with Crippen molar-refractivity contribution in [3.8, 4) is 5.75 Å². The molecule has 2 aliphatic rings. The van der Waals surface area contributed by atoms with Gasteiger partial charge in [-0.2, -0.15) is 0 Å². The second-order valence-electron chi connectivity index (χ2n) is 4.91. The van der Waals surface area contributed by atoms with Gasteiger partial charge in [0.1, 0.15) is 0 Å². The molecule has 18 heavy (non-hydrogen) atoms. The Kier molecular flexibility index (Phi) is 2.78. The summed E-state index contributed by atoms with van der Waals surface area (Å²) < 4.78 is 24.3. The van der Waals surface area contributed by atoms with Crippen LogP contribution in [0.25, 0.3) is 0 Å². The number of hydrogen-bond acceptors (Lipinski definition) is 4. The van der Waals surface area contributed by atoms with Crippen molar-refractivity contribution in [1.29, 1.82) is 0 Å². The van der Waals surface area contributed by atoms with E-state index < -0.39 is 5.82 Å². The number of hydrogen-bond donors (Lipinski definition) is 1. The van der Waals surface area contributed by atoms with Gasteiger partial charge in [-0.05, 0) is 12.8 Å². The summed E-state index contributed by atoms with van der Waals surface area (Å²) in [5.41, 5.74) is 7.20. The first kappa shape index (κ1) is 11.6. The lowest BCUT2D eigenvalue weighted by molar-refractivity contribution is 0.0305. The van der Waals surface area contributed by atoms with Crippen LogP contribution in [0.15, 0.2) is 12.1 Å². The van der Waals surface area contributed by atoms with E-state index in [9.17, 15) is 4.39 Å². The zero-order valence-corrected chi connectivity index (χ0v) is 10.4. The van der Waals surface area contributed by atoms with Crippen LogP contribution in [0.1, 0.15) is 12.8 Å². The van der Waals surface area contributed by atoms with Crippen molar-refractivity contribution >= 4 is 11.4 Å². The molecule has 2 N–H and O–H groups in total. The van der Waals surface area contributed by atoms with Crippen molar-refractivity contribution in [3.63, 3.8) is 0 Å². The minimum atomic E-state index is -0.421. The van der Waals surface area contributed by atoms with Gasteiger partial charge in [0.15, 0.2) is 11.6 Å². The quantitative estimate of drug-likeness (QED) is 0.815. The van der Waals surface area contributed by atoms with Crippen LogP contribution >= 0.6 is 0 Å². The van der Waals surface area contributed by atoms with E-state index in [1.54, 1.807) is 6.07 Å². The fraction of sp³-hybridized carbons (Fsp3) is 0.538. The highest BCUT2D eigenvalue weighted by Gasteiger charge is 2.34. The van der Waals surface area contributed by atoms with Crippen molar-refractivity contribution in [2.24, 2.45) is 0 Å². The van der Waals surface area contributed by atoms with Crippen LogP contribution in [0.4, 0.5) is 15.8 Å². The molecule has 0 radical (unpaired) electrons. The van der Waals surface area contributed by atoms with E-state index in [-0.39, 0.29) is 18.0 Å². The third kappa shape index (κ3) is 1.88. The van der Waals surface area contributed by atoms with E-state index in [0.717, 1.165) is 31.6 Å². The number of benzene rings is 1. The molecule has 3 rings (SSSR count). The third-order valence-electron chi connectivity index (χ3n) is 3.69. The second kappa shape index (κ2) is 4.31. The van der Waals surface area contributed by atoms with E-state index in [1.165, 1.54) is 13.2 Å². The molecule has 0 amide bonds. The van der Waals surface area contributed by atoms with Crippen LogP contribution < -0.4 is 15.4 Å². The van der Waals surface area contributed by atoms with Crippen LogP contribution in [-0.4, -0.2) is 32.4 Å². The van der Waals surface area contributed by atoms with E-state index in [4.69, 9.17) is 15.2 Å². The minimum Gasteiger partial charge on any atom is -0.494 e. The highest BCUT2D eigenvalue weighted by molar-refractivity contribution is 5.70. The van der Waals surface area contributed by atoms with Crippen molar-refractivity contribution in [3.05, 3.63) is 17.9 Å². The largest absolute Gasteiger partial charge is 0.494 e. The smallest absolute Gasteiger partial charge is 0.167 e. The van der Waals surface area contributed by atoms with Crippen LogP contribution in [0, 0.1) is 5.82 Å². The Balaban J connectivity index is 1.91. The van der Waals surface area contributed by atoms with E-state index in [1.807, 2.05) is 0 Å². The number of methoxy groups -OCH3 is 1. The molecular formula is C13H17FN2O2. The SMILES string of the molecule is COc1cc(N2CC3CCC(C2)O3)c(N)cc1F. The molecule has 2 atom stereocenters. The van der Waals surface area contributed by atoms with Crippen molar-refractivity contribution < 1.29 is 13.9 Å². The minimum absolute atomic E-state index is 0.234. The van der Waals surface area contributed by atoms with Crippen LogP contribution in [-0.2, 0) is 4.74 Å². The Labute approximate surface area is 105 Å². The first-order valence-electron chi connectivity index (χ1n) is 6.21. The van der Waals surface area contributed by atoms with Gasteiger partial charge in [-0.1, -0.05) is 0 Å². The fourth-order valence-electron chi connectivity index (χ4n) is 2.80. The molecule has 0 spiro atoms. The predicted octanol–water partition coefficient (Wildman–Crippen LogP) is 1.78. The number of nitrogen functional groups attached to an aromatic ring is 1. The first-order chi connectivity index (χ1) is 8.67. The molecule has 2 fully saturated rings. The summed E-state index contributed by atoms with van der Waals surface area (Å²) in [6, 6.07) is 3.00. The van der Waals surface area contributed by atoms with Gasteiger partial charge in [0.25, 0.3) is 0 Å². The molecule has 2 heterocycles. The van der Waals surface area contributed by atoms with Gasteiger partial charge in [-0.25, -0.2) is 4.39 Å². The number of morpholine rings is 1. The van der Waals surface area contributed by atoms with Gasteiger partial charge in [0.05, 0.1) is 30.7 Å². The van der Waals surface area contributed by atoms with Crippen molar-refractivity contribution in [1.82, 2.24) is 0 Å². The summed E-state index contributed by atoms with van der Waals surface area (Å²) in [6.45, 7) is 1.63. The highest BCUT2D eigenvalue weighted by atomic mass is 19.1. The number of ether oxygens (including phenoxy) is 2. The molecule has 0 aromatic heterocycles. The fourth-order valence-corrected chi connectivity index (χ4v) is 2.80. The molecule has 2 aliphatic heterocycles. The summed E-state index contributed by atoms with van der Waals surface area (Å²) in [5.74, 6) is -0.187. The van der Waals surface area contributed by atoms with Crippen LogP contribution in [0.2, 0.25) is 0 Å². The molecule has 1 aromatic rings. The maximum absolute atomic E-state index is 13.5. The number of halogens is 1. The molecule has 2 saturated heterocycles. The zero-order valence-electron chi connectivity index (χ0n) is 10.4. The highest BCUT2D eigenvalue weighted by Crippen LogP contribution is 2.35. The number of fused-ring (bicyclic) bond motifs is 2. The molecule has 5 heteroatoms. The van der Waals surface area contributed by atoms with Crippen LogP contribution in [0.5, 0.6) is 5.75 Å². The maximum atomic E-state index is 13.5. The van der Waals surface area contributed by atoms with Gasteiger partial charge in [0.2, 0.25) is 0 Å². The Morgan fingerprint density at radius 1 is 1.33 bits per heavy atom. The number of nitrogens with zero attached hydrogens (tertiary/aromatic N) is 1. The maximum Gasteiger partial charge on any atom is 0.167 e. The van der Waals surface area contributed by atoms with Gasteiger partial charge in [-0.3, -0.25) is 0 Å². The molecule has 0 saturated carbocycles. The molecule has 98 valence electrons. The van der Waals surface area contributed by atoms with E-state index >= 15 is 0 Å². The first-order valence-corrected chi connectivity index (χ1v) is 6.21. The lowest BCUT2D eigenvalue weighted by atomic mass is 10.2. The number of nitrogens with two attached hydrogens (primary N) is 1. The standard InChI is InChI=1S/C13H17FN2O2/c1-17-13-5-12(11(15)4-10(13)14)16-6-8-2-3-9(7-16)18-8/h4-5,8-9H,2-3,6-7,15H2,1H3. The van der Waals surface area contributed by atoms with Gasteiger partial charge >= 0.3 is 0 Å². The van der Waals surface area contributed by atoms with Crippen molar-refractivity contribution in [2.75, 3.05) is 30.8 Å². The summed E-state index contributed by atoms with van der Waals surface area (Å²) in [7, 11) is 1.46. The van der Waals surface area contributed by atoms with E-state index in [0.29, 0.717) is 5.69 Å². The molecule has 2 unspecified atom stereocenters. The second-order valence-corrected chi connectivity index (χ2v) is 4.91. The molecule has 1 aromatic carbocycles. The van der Waals surface area contributed by atoms with E-state index in [2.05, 4.69) is 4.90 Å². The van der Waals surface area contributed by atoms with Gasteiger partial charge in [0, 0.05) is 25.2 Å². The van der Waals surface area contributed by atoms with Crippen molar-refractivity contribution in [2.45, 2.75) is 25.0 Å². The van der Waals surface area contributed by atoms with Gasteiger partial charge < -0.3 is 20.1 Å². The normalized spacial score (nSPS) is 26.4. The third-order valence-corrected chi connectivity index (χ3v) is 3.69. The lowest BCUT2D eigenvalue weighted by Crippen LogP contribution is -2.42. The summed E-state index contributed by atoms with van der Waals surface area (Å²) in [6.07, 6.45) is 2.75. The predicted molar refractivity (Wildman–Crippen MR) is 67.5 cm³/mol. The Morgan fingerprint density at radius 2 is 2.00 bits per heavy atom. The van der Waals surface area contributed by atoms with Gasteiger partial charge in [-0.15, -0.1) is 0 Å². The lowest BCUT2D eigenvalue weighted by Gasteiger charge is -2.34. The molecule has 4 nitrogen and oxygen atoms in total. The molecule has 0 aliphatic carbocycles. The molecular weight excluding hydrogens is 235 g/mol.